The van der Waals surface area contributed by atoms with Crippen LogP contribution in [0.2, 0.25) is 0 Å². The van der Waals surface area contributed by atoms with Gasteiger partial charge in [-0.15, -0.1) is 0 Å². The highest BCUT2D eigenvalue weighted by molar-refractivity contribution is 5.94. The zero-order chi connectivity index (χ0) is 15.9. The number of benzene rings is 1. The molecule has 0 radical (unpaired) electrons. The Morgan fingerprint density at radius 2 is 1.86 bits per heavy atom. The van der Waals surface area contributed by atoms with Gasteiger partial charge in [0.2, 0.25) is 0 Å². The molecule has 0 fully saturated rings. The van der Waals surface area contributed by atoms with E-state index in [9.17, 15) is 14.0 Å². The van der Waals surface area contributed by atoms with E-state index in [-0.39, 0.29) is 25.1 Å². The number of carbonyl (C=O) groups is 2. The molecule has 0 saturated carbocycles. The predicted octanol–water partition coefficient (Wildman–Crippen LogP) is 2.34. The van der Waals surface area contributed by atoms with Gasteiger partial charge in [0.15, 0.2) is 0 Å². The van der Waals surface area contributed by atoms with Gasteiger partial charge in [-0.1, -0.05) is 18.2 Å². The number of carbonyl (C=O) groups excluding carboxylic acids is 1. The summed E-state index contributed by atoms with van der Waals surface area (Å²) in [4.78, 5) is 28.6. The van der Waals surface area contributed by atoms with Crippen molar-refractivity contribution in [1.29, 1.82) is 0 Å². The molecule has 5 nitrogen and oxygen atoms in total. The second kappa shape index (κ2) is 7.31. The summed E-state index contributed by atoms with van der Waals surface area (Å²) < 4.78 is 13.8. The number of hydrogen-bond acceptors (Lipinski definition) is 3. The molecule has 0 bridgehead atoms. The maximum atomic E-state index is 13.8. The zero-order valence-corrected chi connectivity index (χ0v) is 11.8. The zero-order valence-electron chi connectivity index (χ0n) is 11.8. The number of hydrogen-bond donors (Lipinski definition) is 1. The summed E-state index contributed by atoms with van der Waals surface area (Å²) in [6.45, 7) is 0.111. The molecule has 114 valence electrons. The predicted molar refractivity (Wildman–Crippen MR) is 77.6 cm³/mol. The summed E-state index contributed by atoms with van der Waals surface area (Å²) in [5.41, 5.74) is 0.529. The molecule has 6 heteroatoms. The van der Waals surface area contributed by atoms with E-state index >= 15 is 0 Å². The van der Waals surface area contributed by atoms with Crippen LogP contribution < -0.4 is 0 Å². The quantitative estimate of drug-likeness (QED) is 0.889. The highest BCUT2D eigenvalue weighted by Crippen LogP contribution is 2.13. The first kappa shape index (κ1) is 15.6. The van der Waals surface area contributed by atoms with E-state index in [4.69, 9.17) is 5.11 Å². The number of aromatic nitrogens is 1. The molecule has 0 aliphatic rings. The van der Waals surface area contributed by atoms with Crippen LogP contribution in [0.4, 0.5) is 4.39 Å². The fraction of sp³-hybridized carbons (Fsp3) is 0.188. The van der Waals surface area contributed by atoms with E-state index in [2.05, 4.69) is 4.98 Å². The van der Waals surface area contributed by atoms with Gasteiger partial charge in [0.05, 0.1) is 24.2 Å². The smallest absolute Gasteiger partial charge is 0.305 e. The molecule has 0 spiro atoms. The number of halogens is 1. The first-order valence-electron chi connectivity index (χ1n) is 6.73. The van der Waals surface area contributed by atoms with Gasteiger partial charge in [-0.05, 0) is 24.3 Å². The van der Waals surface area contributed by atoms with Crippen molar-refractivity contribution in [1.82, 2.24) is 9.88 Å². The van der Waals surface area contributed by atoms with Crippen LogP contribution in [0.3, 0.4) is 0 Å². The highest BCUT2D eigenvalue weighted by atomic mass is 19.1. The number of aliphatic carboxylic acids is 1. The standard InChI is InChI=1S/C16H15FN2O3/c17-14-7-2-1-6-13(14)16(22)19(10-8-15(20)21)11-12-5-3-4-9-18-12/h1-7,9H,8,10-11H2,(H,20,21). The van der Waals surface area contributed by atoms with Crippen molar-refractivity contribution in [2.45, 2.75) is 13.0 Å². The number of pyridine rings is 1. The number of carboxylic acids is 1. The molecule has 0 aliphatic heterocycles. The lowest BCUT2D eigenvalue weighted by Gasteiger charge is -2.22. The van der Waals surface area contributed by atoms with Gasteiger partial charge < -0.3 is 10.0 Å². The number of carboxylic acid groups (broad SMARTS) is 1. The fourth-order valence-electron chi connectivity index (χ4n) is 1.98. The molecule has 2 aromatic rings. The number of amides is 1. The van der Waals surface area contributed by atoms with Crippen LogP contribution in [0.15, 0.2) is 48.7 Å². The lowest BCUT2D eigenvalue weighted by Crippen LogP contribution is -2.33. The van der Waals surface area contributed by atoms with Crippen LogP contribution >= 0.6 is 0 Å². The summed E-state index contributed by atoms with van der Waals surface area (Å²) >= 11 is 0. The SMILES string of the molecule is O=C(O)CCN(Cc1ccccn1)C(=O)c1ccccc1F. The molecule has 0 saturated heterocycles. The molecule has 0 unspecified atom stereocenters. The van der Waals surface area contributed by atoms with Crippen molar-refractivity contribution >= 4 is 11.9 Å². The summed E-state index contributed by atoms with van der Waals surface area (Å²) in [6.07, 6.45) is 1.37. The summed E-state index contributed by atoms with van der Waals surface area (Å²) in [5.74, 6) is -2.20. The van der Waals surface area contributed by atoms with Gasteiger partial charge in [0.25, 0.3) is 5.91 Å². The lowest BCUT2D eigenvalue weighted by molar-refractivity contribution is -0.137. The van der Waals surface area contributed by atoms with E-state index in [0.29, 0.717) is 5.69 Å². The second-order valence-electron chi connectivity index (χ2n) is 4.67. The fourth-order valence-corrected chi connectivity index (χ4v) is 1.98. The minimum atomic E-state index is -1.02. The van der Waals surface area contributed by atoms with Gasteiger partial charge in [0.1, 0.15) is 5.82 Å². The summed E-state index contributed by atoms with van der Waals surface area (Å²) in [7, 11) is 0. The van der Waals surface area contributed by atoms with Gasteiger partial charge >= 0.3 is 5.97 Å². The van der Waals surface area contributed by atoms with Crippen LogP contribution in [0, 0.1) is 5.82 Å². The Morgan fingerprint density at radius 3 is 2.50 bits per heavy atom. The minimum Gasteiger partial charge on any atom is -0.481 e. The highest BCUT2D eigenvalue weighted by Gasteiger charge is 2.20. The third-order valence-corrected chi connectivity index (χ3v) is 3.07. The number of nitrogens with zero attached hydrogens (tertiary/aromatic N) is 2. The van der Waals surface area contributed by atoms with Crippen LogP contribution in [0.5, 0.6) is 0 Å². The Balaban J connectivity index is 2.21. The Bertz CT molecular complexity index is 661. The molecule has 0 aliphatic carbocycles. The lowest BCUT2D eigenvalue weighted by atomic mass is 10.1. The van der Waals surface area contributed by atoms with Gasteiger partial charge in [-0.25, -0.2) is 4.39 Å². The van der Waals surface area contributed by atoms with E-state index in [1.165, 1.54) is 23.1 Å². The topological polar surface area (TPSA) is 70.5 Å². The van der Waals surface area contributed by atoms with Gasteiger partial charge in [-0.2, -0.15) is 0 Å². The maximum absolute atomic E-state index is 13.8. The van der Waals surface area contributed by atoms with Crippen LogP contribution in [0.1, 0.15) is 22.5 Å². The molecule has 1 N–H and O–H groups in total. The van der Waals surface area contributed by atoms with Crippen LogP contribution in [0.25, 0.3) is 0 Å². The monoisotopic (exact) mass is 302 g/mol. The number of rotatable bonds is 6. The average Bonchev–Trinajstić information content (AvgIpc) is 2.52. The maximum Gasteiger partial charge on any atom is 0.305 e. The van der Waals surface area contributed by atoms with Crippen LogP contribution in [-0.4, -0.2) is 33.4 Å². The van der Waals surface area contributed by atoms with Crippen molar-refractivity contribution in [2.75, 3.05) is 6.54 Å². The molecule has 1 amide bonds. The third-order valence-electron chi connectivity index (χ3n) is 3.07. The average molecular weight is 302 g/mol. The first-order valence-corrected chi connectivity index (χ1v) is 6.73. The summed E-state index contributed by atoms with van der Waals surface area (Å²) in [6, 6.07) is 10.9. The normalized spacial score (nSPS) is 10.2. The Kier molecular flexibility index (Phi) is 5.19. The Labute approximate surface area is 127 Å². The van der Waals surface area contributed by atoms with Crippen molar-refractivity contribution in [2.24, 2.45) is 0 Å². The van der Waals surface area contributed by atoms with E-state index < -0.39 is 17.7 Å². The van der Waals surface area contributed by atoms with Crippen molar-refractivity contribution in [3.63, 3.8) is 0 Å². The van der Waals surface area contributed by atoms with Crippen molar-refractivity contribution < 1.29 is 19.1 Å². The molecule has 1 aromatic carbocycles. The molecule has 2 rings (SSSR count). The van der Waals surface area contributed by atoms with Crippen molar-refractivity contribution in [3.8, 4) is 0 Å². The molecule has 0 atom stereocenters. The second-order valence-corrected chi connectivity index (χ2v) is 4.67. The molecule has 22 heavy (non-hydrogen) atoms. The molecular weight excluding hydrogens is 287 g/mol. The van der Waals surface area contributed by atoms with Gasteiger partial charge in [-0.3, -0.25) is 14.6 Å². The largest absolute Gasteiger partial charge is 0.481 e. The minimum absolute atomic E-state index is 0.0148. The van der Waals surface area contributed by atoms with E-state index in [0.717, 1.165) is 0 Å². The third kappa shape index (κ3) is 4.12. The first-order chi connectivity index (χ1) is 10.6. The van der Waals surface area contributed by atoms with E-state index in [1.54, 1.807) is 30.5 Å². The molecular formula is C16H15FN2O3. The Hall–Kier alpha value is -2.76. The van der Waals surface area contributed by atoms with Gasteiger partial charge in [0, 0.05) is 12.7 Å². The summed E-state index contributed by atoms with van der Waals surface area (Å²) in [5, 5.41) is 8.81. The molecule has 1 heterocycles. The van der Waals surface area contributed by atoms with E-state index in [1.807, 2.05) is 0 Å². The molecule has 1 aromatic heterocycles. The van der Waals surface area contributed by atoms with Crippen LogP contribution in [-0.2, 0) is 11.3 Å². The Morgan fingerprint density at radius 1 is 1.14 bits per heavy atom. The van der Waals surface area contributed by atoms with Crippen molar-refractivity contribution in [3.05, 3.63) is 65.7 Å².